The maximum absolute atomic E-state index is 12.9. The van der Waals surface area contributed by atoms with Crippen LogP contribution < -0.4 is 5.32 Å². The molecule has 19 heavy (non-hydrogen) atoms. The number of halogens is 1. The van der Waals surface area contributed by atoms with Gasteiger partial charge in [0.2, 0.25) is 0 Å². The van der Waals surface area contributed by atoms with E-state index in [1.807, 2.05) is 12.1 Å². The molecule has 1 aliphatic heterocycles. The number of hydrogen-bond donors (Lipinski definition) is 1. The summed E-state index contributed by atoms with van der Waals surface area (Å²) >= 11 is 0. The van der Waals surface area contributed by atoms with Crippen LogP contribution in [0.1, 0.15) is 24.8 Å². The Bertz CT molecular complexity index is 403. The smallest absolute Gasteiger partial charge is 0.123 e. The summed E-state index contributed by atoms with van der Waals surface area (Å²) in [5, 5.41) is 3.73. The first-order valence-corrected chi connectivity index (χ1v) is 7.39. The van der Waals surface area contributed by atoms with Gasteiger partial charge in [-0.25, -0.2) is 4.39 Å². The van der Waals surface area contributed by atoms with E-state index in [2.05, 4.69) is 17.3 Å². The first-order chi connectivity index (χ1) is 9.22. The van der Waals surface area contributed by atoms with Crippen LogP contribution in [-0.2, 0) is 6.54 Å². The fraction of sp³-hybridized carbons (Fsp3) is 0.625. The van der Waals surface area contributed by atoms with Gasteiger partial charge in [0.05, 0.1) is 0 Å². The maximum Gasteiger partial charge on any atom is 0.123 e. The molecule has 0 unspecified atom stereocenters. The standard InChI is InChI=1S/C16H23FN2/c1-19-10-13-3-2-4-14(11-19)16(13)18-9-12-5-7-15(17)8-6-12/h5-8,13-14,16,18H,2-4,9-11H2,1H3/t13-,14+,16-. The molecule has 3 rings (SSSR count). The second-order valence-electron chi connectivity index (χ2n) is 6.21. The zero-order valence-corrected chi connectivity index (χ0v) is 11.6. The number of likely N-dealkylation sites (tertiary alicyclic amines) is 1. The summed E-state index contributed by atoms with van der Waals surface area (Å²) in [6, 6.07) is 7.51. The molecular formula is C16H23FN2. The second kappa shape index (κ2) is 5.59. The number of hydrogen-bond acceptors (Lipinski definition) is 2. The quantitative estimate of drug-likeness (QED) is 0.901. The summed E-state index contributed by atoms with van der Waals surface area (Å²) < 4.78 is 12.9. The molecule has 1 saturated heterocycles. The molecule has 1 aliphatic carbocycles. The molecule has 2 fully saturated rings. The topological polar surface area (TPSA) is 15.3 Å². The Morgan fingerprint density at radius 3 is 2.42 bits per heavy atom. The molecule has 2 nitrogen and oxygen atoms in total. The average molecular weight is 262 g/mol. The molecule has 1 aromatic rings. The summed E-state index contributed by atoms with van der Waals surface area (Å²) in [5.41, 5.74) is 1.18. The van der Waals surface area contributed by atoms with Crippen molar-refractivity contribution in [3.63, 3.8) is 0 Å². The lowest BCUT2D eigenvalue weighted by atomic mass is 9.73. The van der Waals surface area contributed by atoms with Crippen molar-refractivity contribution in [3.05, 3.63) is 35.6 Å². The normalized spacial score (nSPS) is 31.4. The van der Waals surface area contributed by atoms with Gasteiger partial charge in [-0.15, -0.1) is 0 Å². The van der Waals surface area contributed by atoms with E-state index in [-0.39, 0.29) is 5.82 Å². The maximum atomic E-state index is 12.9. The minimum absolute atomic E-state index is 0.153. The van der Waals surface area contributed by atoms with Gasteiger partial charge < -0.3 is 10.2 Å². The third-order valence-corrected chi connectivity index (χ3v) is 4.71. The van der Waals surface area contributed by atoms with Crippen molar-refractivity contribution in [3.8, 4) is 0 Å². The Balaban J connectivity index is 1.61. The van der Waals surface area contributed by atoms with Crippen molar-refractivity contribution in [1.29, 1.82) is 0 Å². The number of nitrogens with one attached hydrogen (secondary N) is 1. The summed E-state index contributed by atoms with van der Waals surface area (Å²) in [7, 11) is 2.24. The third kappa shape index (κ3) is 2.98. The van der Waals surface area contributed by atoms with Crippen LogP contribution in [-0.4, -0.2) is 31.1 Å². The number of benzene rings is 1. The van der Waals surface area contributed by atoms with Crippen molar-refractivity contribution >= 4 is 0 Å². The van der Waals surface area contributed by atoms with Crippen LogP contribution in [0.2, 0.25) is 0 Å². The molecule has 3 atom stereocenters. The highest BCUT2D eigenvalue weighted by Crippen LogP contribution is 2.34. The largest absolute Gasteiger partial charge is 0.309 e. The molecule has 2 bridgehead atoms. The fourth-order valence-electron chi connectivity index (χ4n) is 3.84. The van der Waals surface area contributed by atoms with E-state index >= 15 is 0 Å². The van der Waals surface area contributed by atoms with Crippen molar-refractivity contribution < 1.29 is 4.39 Å². The van der Waals surface area contributed by atoms with Gasteiger partial charge in [0.15, 0.2) is 0 Å². The minimum atomic E-state index is -0.153. The molecule has 3 heteroatoms. The summed E-state index contributed by atoms with van der Waals surface area (Å²) in [6.07, 6.45) is 4.09. The number of nitrogens with zero attached hydrogens (tertiary/aromatic N) is 1. The molecule has 0 aromatic heterocycles. The highest BCUT2D eigenvalue weighted by Gasteiger charge is 2.37. The zero-order valence-electron chi connectivity index (χ0n) is 11.6. The monoisotopic (exact) mass is 262 g/mol. The van der Waals surface area contributed by atoms with Gasteiger partial charge in [0.25, 0.3) is 0 Å². The molecule has 1 heterocycles. The lowest BCUT2D eigenvalue weighted by molar-refractivity contribution is 0.0615. The van der Waals surface area contributed by atoms with E-state index in [1.165, 1.54) is 37.9 Å². The molecule has 1 N–H and O–H groups in total. The number of rotatable bonds is 3. The van der Waals surface area contributed by atoms with Crippen molar-refractivity contribution in [1.82, 2.24) is 10.2 Å². The Hall–Kier alpha value is -0.930. The first-order valence-electron chi connectivity index (χ1n) is 7.39. The van der Waals surface area contributed by atoms with E-state index < -0.39 is 0 Å². The van der Waals surface area contributed by atoms with Gasteiger partial charge in [-0.3, -0.25) is 0 Å². The SMILES string of the molecule is CN1C[C@H]2CCC[C@@H](C1)[C@@H]2NCc1ccc(F)cc1. The summed E-state index contributed by atoms with van der Waals surface area (Å²) in [5.74, 6) is 1.43. The summed E-state index contributed by atoms with van der Waals surface area (Å²) in [4.78, 5) is 2.48. The van der Waals surface area contributed by atoms with Crippen LogP contribution in [0.4, 0.5) is 4.39 Å². The highest BCUT2D eigenvalue weighted by atomic mass is 19.1. The molecular weight excluding hydrogens is 239 g/mol. The molecule has 1 aromatic carbocycles. The molecule has 0 spiro atoms. The van der Waals surface area contributed by atoms with E-state index in [9.17, 15) is 4.39 Å². The van der Waals surface area contributed by atoms with Crippen LogP contribution in [0.25, 0.3) is 0 Å². The lowest BCUT2D eigenvalue weighted by Gasteiger charge is -2.46. The van der Waals surface area contributed by atoms with Crippen molar-refractivity contribution in [2.75, 3.05) is 20.1 Å². The second-order valence-corrected chi connectivity index (χ2v) is 6.21. The van der Waals surface area contributed by atoms with E-state index in [1.54, 1.807) is 12.1 Å². The molecule has 0 radical (unpaired) electrons. The van der Waals surface area contributed by atoms with Crippen LogP contribution in [0, 0.1) is 17.7 Å². The van der Waals surface area contributed by atoms with Crippen molar-refractivity contribution in [2.24, 2.45) is 11.8 Å². The van der Waals surface area contributed by atoms with Gasteiger partial charge in [-0.05, 0) is 49.4 Å². The molecule has 1 saturated carbocycles. The van der Waals surface area contributed by atoms with Crippen LogP contribution in [0.3, 0.4) is 0 Å². The first kappa shape index (κ1) is 13.1. The van der Waals surface area contributed by atoms with Crippen molar-refractivity contribution in [2.45, 2.75) is 31.8 Å². The average Bonchev–Trinajstić information content (AvgIpc) is 2.38. The van der Waals surface area contributed by atoms with Crippen LogP contribution in [0.15, 0.2) is 24.3 Å². The van der Waals surface area contributed by atoms with Gasteiger partial charge in [0.1, 0.15) is 5.82 Å². The van der Waals surface area contributed by atoms with E-state index in [0.29, 0.717) is 6.04 Å². The Morgan fingerprint density at radius 1 is 1.16 bits per heavy atom. The third-order valence-electron chi connectivity index (χ3n) is 4.71. The van der Waals surface area contributed by atoms with Crippen LogP contribution >= 0.6 is 0 Å². The van der Waals surface area contributed by atoms with Gasteiger partial charge in [0, 0.05) is 25.7 Å². The van der Waals surface area contributed by atoms with Crippen LogP contribution in [0.5, 0.6) is 0 Å². The number of piperidine rings is 1. The predicted molar refractivity (Wildman–Crippen MR) is 75.4 cm³/mol. The highest BCUT2D eigenvalue weighted by molar-refractivity contribution is 5.16. The van der Waals surface area contributed by atoms with Gasteiger partial charge in [-0.2, -0.15) is 0 Å². The minimum Gasteiger partial charge on any atom is -0.309 e. The molecule has 104 valence electrons. The Labute approximate surface area is 115 Å². The fourth-order valence-corrected chi connectivity index (χ4v) is 3.84. The summed E-state index contributed by atoms with van der Waals surface area (Å²) in [6.45, 7) is 3.30. The lowest BCUT2D eigenvalue weighted by Crippen LogP contribution is -2.55. The molecule has 0 amide bonds. The van der Waals surface area contributed by atoms with Gasteiger partial charge >= 0.3 is 0 Å². The zero-order chi connectivity index (χ0) is 13.2. The Kier molecular flexibility index (Phi) is 3.85. The van der Waals surface area contributed by atoms with E-state index in [0.717, 1.165) is 18.4 Å². The molecule has 2 aliphatic rings. The van der Waals surface area contributed by atoms with Gasteiger partial charge in [-0.1, -0.05) is 18.6 Å². The Morgan fingerprint density at radius 2 is 1.79 bits per heavy atom. The number of fused-ring (bicyclic) bond motifs is 2. The van der Waals surface area contributed by atoms with E-state index in [4.69, 9.17) is 0 Å². The predicted octanol–water partition coefficient (Wildman–Crippen LogP) is 2.65.